The minimum atomic E-state index is -0.976. The van der Waals surface area contributed by atoms with E-state index in [0.717, 1.165) is 6.07 Å². The van der Waals surface area contributed by atoms with Gasteiger partial charge in [-0.25, -0.2) is 18.7 Å². The van der Waals surface area contributed by atoms with Crippen LogP contribution in [0.3, 0.4) is 0 Å². The van der Waals surface area contributed by atoms with Crippen LogP contribution < -0.4 is 20.7 Å². The molecule has 1 aromatic heterocycles. The van der Waals surface area contributed by atoms with Crippen LogP contribution in [0.15, 0.2) is 30.6 Å². The highest BCUT2D eigenvalue weighted by molar-refractivity contribution is 6.31. The summed E-state index contributed by atoms with van der Waals surface area (Å²) in [6.45, 7) is 8.65. The van der Waals surface area contributed by atoms with Crippen molar-refractivity contribution in [2.24, 2.45) is 5.41 Å². The number of hydrogen-bond donors (Lipinski definition) is 3. The third-order valence-corrected chi connectivity index (χ3v) is 9.13. The first-order valence-corrected chi connectivity index (χ1v) is 16.4. The molecule has 4 atom stereocenters. The van der Waals surface area contributed by atoms with Crippen molar-refractivity contribution in [1.29, 1.82) is 0 Å². The van der Waals surface area contributed by atoms with Crippen LogP contribution in [0.25, 0.3) is 10.9 Å². The standard InChI is InChI=1S/C34H41ClF2N6O5.ClH/c1-18(38-5)32(45)42-30(34(2,3)4)33(46)43-11-6-7-25(43)26(44)14-19-13-21-24(15-27(19)48-20-10-12-47-16-20)39-17-40-31(21)41-23-9-8-22(36)28(35)29(23)37;/h8-9,13,15,17-18,20,25,30,38H,6-7,10-12,14,16H2,1-5H3,(H,42,45)(H,39,40,41);1H/t18-,20?,25-,30+;/m0./s1. The van der Waals surface area contributed by atoms with Crippen molar-refractivity contribution in [2.75, 3.05) is 32.1 Å². The molecular weight excluding hydrogens is 681 g/mol. The van der Waals surface area contributed by atoms with E-state index in [2.05, 4.69) is 25.9 Å². The number of ketones is 1. The van der Waals surface area contributed by atoms with Gasteiger partial charge < -0.3 is 30.3 Å². The molecule has 0 saturated carbocycles. The Morgan fingerprint density at radius 2 is 1.92 bits per heavy atom. The molecule has 0 spiro atoms. The van der Waals surface area contributed by atoms with Gasteiger partial charge in [0.25, 0.3) is 0 Å². The maximum absolute atomic E-state index is 14.8. The fraction of sp³-hybridized carbons (Fsp3) is 0.500. The number of Topliss-reactive ketones (excluding diaryl/α,β-unsaturated/α-hetero) is 1. The summed E-state index contributed by atoms with van der Waals surface area (Å²) in [6.07, 6.45) is 2.76. The van der Waals surface area contributed by atoms with Crippen LogP contribution in [0.4, 0.5) is 20.3 Å². The molecule has 15 heteroatoms. The fourth-order valence-electron chi connectivity index (χ4n) is 5.90. The van der Waals surface area contributed by atoms with Crippen molar-refractivity contribution in [2.45, 2.75) is 77.6 Å². The predicted molar refractivity (Wildman–Crippen MR) is 185 cm³/mol. The average Bonchev–Trinajstić information content (AvgIpc) is 3.76. The van der Waals surface area contributed by atoms with Crippen LogP contribution in [-0.2, 0) is 25.5 Å². The lowest BCUT2D eigenvalue weighted by molar-refractivity contribution is -0.143. The molecule has 0 bridgehead atoms. The number of carbonyl (C=O) groups is 3. The number of nitrogens with zero attached hydrogens (tertiary/aromatic N) is 3. The number of benzene rings is 2. The van der Waals surface area contributed by atoms with Gasteiger partial charge in [-0.3, -0.25) is 14.4 Å². The molecule has 2 aliphatic rings. The molecule has 2 fully saturated rings. The molecule has 5 rings (SSSR count). The smallest absolute Gasteiger partial charge is 0.246 e. The number of hydrogen-bond acceptors (Lipinski definition) is 9. The third kappa shape index (κ3) is 8.57. The Morgan fingerprint density at radius 3 is 2.59 bits per heavy atom. The third-order valence-electron chi connectivity index (χ3n) is 8.79. The Balaban J connectivity index is 0.00000541. The highest BCUT2D eigenvalue weighted by Gasteiger charge is 2.42. The number of rotatable bonds is 11. The zero-order valence-electron chi connectivity index (χ0n) is 28.1. The molecule has 3 heterocycles. The Morgan fingerprint density at radius 1 is 1.16 bits per heavy atom. The lowest BCUT2D eigenvalue weighted by Gasteiger charge is -2.36. The first-order valence-electron chi connectivity index (χ1n) is 16.0. The number of likely N-dealkylation sites (tertiary alicyclic amines) is 1. The van der Waals surface area contributed by atoms with Gasteiger partial charge in [0.15, 0.2) is 11.6 Å². The van der Waals surface area contributed by atoms with E-state index in [1.54, 1.807) is 31.0 Å². The summed E-state index contributed by atoms with van der Waals surface area (Å²) in [5.41, 5.74) is 0.282. The summed E-state index contributed by atoms with van der Waals surface area (Å²) in [5, 5.41) is 8.46. The van der Waals surface area contributed by atoms with Gasteiger partial charge in [0, 0.05) is 36.4 Å². The lowest BCUT2D eigenvalue weighted by Crippen LogP contribution is -2.58. The maximum atomic E-state index is 14.8. The van der Waals surface area contributed by atoms with E-state index in [1.165, 1.54) is 12.4 Å². The van der Waals surface area contributed by atoms with Crippen molar-refractivity contribution in [3.63, 3.8) is 0 Å². The summed E-state index contributed by atoms with van der Waals surface area (Å²) in [7, 11) is 1.67. The number of anilines is 2. The number of fused-ring (bicyclic) bond motifs is 1. The quantitative estimate of drug-likeness (QED) is 0.230. The zero-order chi connectivity index (χ0) is 34.7. The number of likely N-dealkylation sites (N-methyl/N-ethyl adjacent to an activating group) is 1. The Labute approximate surface area is 295 Å². The maximum Gasteiger partial charge on any atom is 0.246 e. The number of amides is 2. The van der Waals surface area contributed by atoms with Crippen LogP contribution in [0.5, 0.6) is 5.75 Å². The summed E-state index contributed by atoms with van der Waals surface area (Å²) in [4.78, 5) is 51.1. The first-order chi connectivity index (χ1) is 22.8. The van der Waals surface area contributed by atoms with Gasteiger partial charge in [0.2, 0.25) is 11.8 Å². The molecule has 0 radical (unpaired) electrons. The van der Waals surface area contributed by atoms with E-state index < -0.39 is 40.2 Å². The van der Waals surface area contributed by atoms with Crippen molar-refractivity contribution in [3.05, 3.63) is 52.8 Å². The number of ether oxygens (including phenoxy) is 2. The normalized spacial score (nSPS) is 18.9. The van der Waals surface area contributed by atoms with Gasteiger partial charge in [0.05, 0.1) is 36.5 Å². The highest BCUT2D eigenvalue weighted by atomic mass is 35.5. The zero-order valence-corrected chi connectivity index (χ0v) is 29.6. The van der Waals surface area contributed by atoms with Gasteiger partial charge in [-0.1, -0.05) is 32.4 Å². The van der Waals surface area contributed by atoms with Gasteiger partial charge in [-0.15, -0.1) is 12.4 Å². The number of halogens is 4. The number of carbonyl (C=O) groups excluding carboxylic acids is 3. The second-order valence-corrected chi connectivity index (χ2v) is 13.7. The van der Waals surface area contributed by atoms with Gasteiger partial charge in [-0.05, 0) is 50.4 Å². The van der Waals surface area contributed by atoms with Crippen molar-refractivity contribution in [3.8, 4) is 5.75 Å². The van der Waals surface area contributed by atoms with E-state index in [1.807, 2.05) is 20.8 Å². The summed E-state index contributed by atoms with van der Waals surface area (Å²) < 4.78 is 40.4. The average molecular weight is 724 g/mol. The topological polar surface area (TPSA) is 135 Å². The van der Waals surface area contributed by atoms with Crippen LogP contribution in [0.2, 0.25) is 5.02 Å². The van der Waals surface area contributed by atoms with Crippen LogP contribution in [0.1, 0.15) is 52.5 Å². The Kier molecular flexibility index (Phi) is 12.4. The van der Waals surface area contributed by atoms with E-state index in [0.29, 0.717) is 61.2 Å². The van der Waals surface area contributed by atoms with Gasteiger partial charge in [-0.2, -0.15) is 0 Å². The van der Waals surface area contributed by atoms with E-state index in [4.69, 9.17) is 21.1 Å². The second kappa shape index (κ2) is 15.9. The first kappa shape index (κ1) is 38.2. The second-order valence-electron chi connectivity index (χ2n) is 13.3. The van der Waals surface area contributed by atoms with Gasteiger partial charge in [0.1, 0.15) is 40.9 Å². The molecule has 11 nitrogen and oxygen atoms in total. The SMILES string of the molecule is CN[C@@H](C)C(=O)N[C@H](C(=O)N1CCC[C@H]1C(=O)Cc1cc2c(Nc3ccc(F)c(Cl)c3F)ncnc2cc1OC1CCOC1)C(C)(C)C.Cl. The van der Waals surface area contributed by atoms with Gasteiger partial charge >= 0.3 is 0 Å². The van der Waals surface area contributed by atoms with Crippen molar-refractivity contribution < 1.29 is 32.6 Å². The molecule has 49 heavy (non-hydrogen) atoms. The number of aromatic nitrogens is 2. The monoisotopic (exact) mass is 722 g/mol. The Bertz CT molecular complexity index is 1700. The number of nitrogens with one attached hydrogen (secondary N) is 3. The fourth-order valence-corrected chi connectivity index (χ4v) is 6.06. The summed E-state index contributed by atoms with van der Waals surface area (Å²) in [6, 6.07) is 3.61. The molecule has 0 aliphatic carbocycles. The largest absolute Gasteiger partial charge is 0.488 e. The van der Waals surface area contributed by atoms with E-state index in [-0.39, 0.29) is 54.0 Å². The van der Waals surface area contributed by atoms with Crippen molar-refractivity contribution >= 4 is 64.0 Å². The van der Waals surface area contributed by atoms with E-state index >= 15 is 0 Å². The molecule has 2 amide bonds. The minimum Gasteiger partial charge on any atom is -0.488 e. The molecular formula is C34H42Cl2F2N6O5. The van der Waals surface area contributed by atoms with Crippen LogP contribution in [-0.4, -0.2) is 83.5 Å². The molecule has 1 unspecified atom stereocenters. The van der Waals surface area contributed by atoms with Crippen LogP contribution >= 0.6 is 24.0 Å². The van der Waals surface area contributed by atoms with Crippen molar-refractivity contribution in [1.82, 2.24) is 25.5 Å². The molecule has 3 aromatic rings. The van der Waals surface area contributed by atoms with E-state index in [9.17, 15) is 23.2 Å². The van der Waals surface area contributed by atoms with Crippen LogP contribution in [0, 0.1) is 17.0 Å². The highest BCUT2D eigenvalue weighted by Crippen LogP contribution is 2.35. The molecule has 266 valence electrons. The lowest BCUT2D eigenvalue weighted by atomic mass is 9.85. The molecule has 2 aliphatic heterocycles. The predicted octanol–water partition coefficient (Wildman–Crippen LogP) is 5.14. The summed E-state index contributed by atoms with van der Waals surface area (Å²) in [5.74, 6) is -2.04. The minimum absolute atomic E-state index is 0. The molecule has 2 aromatic carbocycles. The molecule has 2 saturated heterocycles. The molecule has 3 N–H and O–H groups in total. The summed E-state index contributed by atoms with van der Waals surface area (Å²) >= 11 is 5.80. The Hall–Kier alpha value is -3.65.